The van der Waals surface area contributed by atoms with Crippen molar-refractivity contribution in [2.45, 2.75) is 6.18 Å². The second kappa shape index (κ2) is 7.75. The fourth-order valence-electron chi connectivity index (χ4n) is 0.879. The fraction of sp³-hybridized carbons (Fsp3) is 0.778. The molecule has 0 aliphatic heterocycles. The lowest BCUT2D eigenvalue weighted by Gasteiger charge is -2.12. The number of hydrogen-bond donors (Lipinski definition) is 3. The maximum atomic E-state index is 11.7. The molecule has 3 N–H and O–H groups in total. The normalized spacial score (nSPS) is 10.9. The van der Waals surface area contributed by atoms with Gasteiger partial charge < -0.3 is 20.9 Å². The Morgan fingerprint density at radius 1 is 1.11 bits per heavy atom. The molecule has 0 unspecified atom stereocenters. The van der Waals surface area contributed by atoms with Crippen molar-refractivity contribution in [3.05, 3.63) is 0 Å². The molecule has 0 saturated carbocycles. The van der Waals surface area contributed by atoms with Crippen LogP contribution in [-0.4, -0.2) is 63.3 Å². The van der Waals surface area contributed by atoms with Gasteiger partial charge in [0.2, 0.25) is 5.91 Å². The number of carbonyl (C=O) groups excluding carboxylic acids is 2. The van der Waals surface area contributed by atoms with E-state index in [-0.39, 0.29) is 19.1 Å². The lowest BCUT2D eigenvalue weighted by atomic mass is 10.5. The highest BCUT2D eigenvalue weighted by atomic mass is 19.4. The van der Waals surface area contributed by atoms with Crippen LogP contribution in [0.1, 0.15) is 0 Å². The van der Waals surface area contributed by atoms with E-state index < -0.39 is 18.6 Å². The van der Waals surface area contributed by atoms with E-state index in [1.807, 2.05) is 0 Å². The molecule has 0 aromatic rings. The highest BCUT2D eigenvalue weighted by molar-refractivity contribution is 5.78. The molecule has 0 saturated heterocycles. The molecule has 0 fully saturated rings. The van der Waals surface area contributed by atoms with Gasteiger partial charge in [-0.3, -0.25) is 4.79 Å². The van der Waals surface area contributed by atoms with E-state index >= 15 is 0 Å². The lowest BCUT2D eigenvalue weighted by molar-refractivity contribution is -0.137. The van der Waals surface area contributed by atoms with Crippen LogP contribution in [0, 0.1) is 0 Å². The van der Waals surface area contributed by atoms with E-state index in [0.29, 0.717) is 6.54 Å². The number of urea groups is 1. The number of amides is 3. The Bertz CT molecular complexity index is 281. The van der Waals surface area contributed by atoms with Gasteiger partial charge in [-0.1, -0.05) is 0 Å². The molecule has 0 aliphatic rings. The molecule has 3 amide bonds. The topological polar surface area (TPSA) is 73.5 Å². The summed E-state index contributed by atoms with van der Waals surface area (Å²) in [4.78, 5) is 23.3. The van der Waals surface area contributed by atoms with Gasteiger partial charge in [0.1, 0.15) is 6.54 Å². The Hall–Kier alpha value is -1.51. The van der Waals surface area contributed by atoms with Crippen LogP contribution in [0.5, 0.6) is 0 Å². The van der Waals surface area contributed by atoms with Gasteiger partial charge in [0, 0.05) is 27.2 Å². The molecule has 0 aromatic heterocycles. The summed E-state index contributed by atoms with van der Waals surface area (Å²) in [6.07, 6.45) is -4.41. The van der Waals surface area contributed by atoms with E-state index in [1.54, 1.807) is 19.4 Å². The number of hydrogen-bond acceptors (Lipinski definition) is 3. The van der Waals surface area contributed by atoms with Crippen LogP contribution in [0.2, 0.25) is 0 Å². The highest BCUT2D eigenvalue weighted by Gasteiger charge is 2.27. The van der Waals surface area contributed by atoms with Crippen molar-refractivity contribution in [1.82, 2.24) is 20.9 Å². The zero-order valence-electron chi connectivity index (χ0n) is 10.2. The molecular weight excluding hydrogens is 253 g/mol. The molecule has 0 spiro atoms. The SMILES string of the molecule is CN(C)C(=O)NCCNCC(=O)NCC(F)(F)F. The number of nitrogens with zero attached hydrogens (tertiary/aromatic N) is 1. The van der Waals surface area contributed by atoms with Crippen LogP contribution in [0.15, 0.2) is 0 Å². The third-order valence-electron chi connectivity index (χ3n) is 1.76. The molecule has 9 heteroatoms. The molecule has 6 nitrogen and oxygen atoms in total. The number of halogens is 3. The Balaban J connectivity index is 3.50. The monoisotopic (exact) mass is 270 g/mol. The van der Waals surface area contributed by atoms with Crippen LogP contribution in [0.4, 0.5) is 18.0 Å². The number of nitrogens with one attached hydrogen (secondary N) is 3. The lowest BCUT2D eigenvalue weighted by Crippen LogP contribution is -2.42. The Labute approximate surface area is 103 Å². The van der Waals surface area contributed by atoms with Crippen LogP contribution >= 0.6 is 0 Å². The quantitative estimate of drug-likeness (QED) is 0.571. The molecule has 0 heterocycles. The van der Waals surface area contributed by atoms with Gasteiger partial charge in [0.05, 0.1) is 6.54 Å². The number of alkyl halides is 3. The third kappa shape index (κ3) is 9.70. The molecule has 0 rings (SSSR count). The summed E-state index contributed by atoms with van der Waals surface area (Å²) in [5.74, 6) is -0.744. The molecule has 0 aromatic carbocycles. The summed E-state index contributed by atoms with van der Waals surface area (Å²) in [5.41, 5.74) is 0. The molecule has 0 atom stereocenters. The fourth-order valence-corrected chi connectivity index (χ4v) is 0.879. The van der Waals surface area contributed by atoms with Gasteiger partial charge in [-0.15, -0.1) is 0 Å². The first-order valence-electron chi connectivity index (χ1n) is 5.21. The molecule has 0 bridgehead atoms. The Morgan fingerprint density at radius 3 is 2.22 bits per heavy atom. The van der Waals surface area contributed by atoms with Crippen LogP contribution < -0.4 is 16.0 Å². The summed E-state index contributed by atoms with van der Waals surface area (Å²) in [6.45, 7) is -0.999. The first-order valence-corrected chi connectivity index (χ1v) is 5.21. The molecule has 0 radical (unpaired) electrons. The zero-order valence-corrected chi connectivity index (χ0v) is 10.2. The average Bonchev–Trinajstić information content (AvgIpc) is 2.24. The first kappa shape index (κ1) is 16.5. The smallest absolute Gasteiger partial charge is 0.346 e. The minimum Gasteiger partial charge on any atom is -0.346 e. The molecule has 106 valence electrons. The first-order chi connectivity index (χ1) is 8.22. The van der Waals surface area contributed by atoms with E-state index in [4.69, 9.17) is 0 Å². The second-order valence-corrected chi connectivity index (χ2v) is 3.70. The van der Waals surface area contributed by atoms with Gasteiger partial charge >= 0.3 is 12.2 Å². The largest absolute Gasteiger partial charge is 0.405 e. The summed E-state index contributed by atoms with van der Waals surface area (Å²) in [6, 6.07) is -0.279. The van der Waals surface area contributed by atoms with E-state index in [9.17, 15) is 22.8 Å². The van der Waals surface area contributed by atoms with Gasteiger partial charge in [0.25, 0.3) is 0 Å². The maximum absolute atomic E-state index is 11.7. The highest BCUT2D eigenvalue weighted by Crippen LogP contribution is 2.11. The van der Waals surface area contributed by atoms with E-state index in [0.717, 1.165) is 0 Å². The minimum absolute atomic E-state index is 0.228. The van der Waals surface area contributed by atoms with Gasteiger partial charge in [-0.25, -0.2) is 4.79 Å². The van der Waals surface area contributed by atoms with Crippen molar-refractivity contribution < 1.29 is 22.8 Å². The van der Waals surface area contributed by atoms with E-state index in [1.165, 1.54) is 4.90 Å². The number of carbonyl (C=O) groups is 2. The van der Waals surface area contributed by atoms with E-state index in [2.05, 4.69) is 10.6 Å². The molecule has 0 aliphatic carbocycles. The number of rotatable bonds is 6. The Kier molecular flexibility index (Phi) is 7.10. The van der Waals surface area contributed by atoms with Crippen LogP contribution in [0.3, 0.4) is 0 Å². The van der Waals surface area contributed by atoms with Crippen molar-refractivity contribution in [3.63, 3.8) is 0 Å². The van der Waals surface area contributed by atoms with Crippen molar-refractivity contribution >= 4 is 11.9 Å². The standard InChI is InChI=1S/C9H17F3N4O2/c1-16(2)8(18)14-4-3-13-5-7(17)15-6-9(10,11)12/h13H,3-6H2,1-2H3,(H,14,18)(H,15,17). The summed E-state index contributed by atoms with van der Waals surface area (Å²) < 4.78 is 35.2. The summed E-state index contributed by atoms with van der Waals surface area (Å²) in [7, 11) is 3.15. The van der Waals surface area contributed by atoms with Gasteiger partial charge in [-0.2, -0.15) is 13.2 Å². The predicted molar refractivity (Wildman–Crippen MR) is 59.0 cm³/mol. The Morgan fingerprint density at radius 2 is 1.72 bits per heavy atom. The zero-order chi connectivity index (χ0) is 14.2. The van der Waals surface area contributed by atoms with Crippen molar-refractivity contribution in [2.24, 2.45) is 0 Å². The van der Waals surface area contributed by atoms with Crippen molar-refractivity contribution in [1.29, 1.82) is 0 Å². The summed E-state index contributed by atoms with van der Waals surface area (Å²) in [5, 5.41) is 6.85. The van der Waals surface area contributed by atoms with Crippen LogP contribution in [0.25, 0.3) is 0 Å². The third-order valence-corrected chi connectivity index (χ3v) is 1.76. The second-order valence-electron chi connectivity index (χ2n) is 3.70. The minimum atomic E-state index is -4.41. The molecular formula is C9H17F3N4O2. The molecule has 18 heavy (non-hydrogen) atoms. The maximum Gasteiger partial charge on any atom is 0.405 e. The van der Waals surface area contributed by atoms with Gasteiger partial charge in [0.15, 0.2) is 0 Å². The van der Waals surface area contributed by atoms with Gasteiger partial charge in [-0.05, 0) is 0 Å². The summed E-state index contributed by atoms with van der Waals surface area (Å²) >= 11 is 0. The van der Waals surface area contributed by atoms with Crippen molar-refractivity contribution in [2.75, 3.05) is 40.3 Å². The van der Waals surface area contributed by atoms with Crippen molar-refractivity contribution in [3.8, 4) is 0 Å². The van der Waals surface area contributed by atoms with Crippen LogP contribution in [-0.2, 0) is 4.79 Å². The predicted octanol–water partition coefficient (Wildman–Crippen LogP) is -0.474. The average molecular weight is 270 g/mol.